The molecule has 3 nitrogen and oxygen atoms in total. The maximum absolute atomic E-state index is 12.4. The Hall–Kier alpha value is -0.280. The summed E-state index contributed by atoms with van der Waals surface area (Å²) in [7, 11) is 0. The molecule has 4 heteroatoms. The zero-order valence-corrected chi connectivity index (χ0v) is 13.9. The topological polar surface area (TPSA) is 32.3 Å². The maximum Gasteiger partial charge on any atom is 0.222 e. The van der Waals surface area contributed by atoms with Crippen LogP contribution in [0.25, 0.3) is 0 Å². The minimum absolute atomic E-state index is 0. The highest BCUT2D eigenvalue weighted by Crippen LogP contribution is 2.25. The number of piperidine rings is 2. The Balaban J connectivity index is 0.00000200. The predicted octanol–water partition coefficient (Wildman–Crippen LogP) is 3.08. The van der Waals surface area contributed by atoms with Crippen LogP contribution in [-0.2, 0) is 4.79 Å². The van der Waals surface area contributed by atoms with Gasteiger partial charge in [0, 0.05) is 19.5 Å². The average Bonchev–Trinajstić information content (AvgIpc) is 2.48. The lowest BCUT2D eigenvalue weighted by Gasteiger charge is -2.34. The Labute approximate surface area is 130 Å². The number of nitrogens with one attached hydrogen (secondary N) is 1. The Kier molecular flexibility index (Phi) is 7.90. The number of halogens is 1. The third-order valence-corrected chi connectivity index (χ3v) is 5.18. The second-order valence-electron chi connectivity index (χ2n) is 6.52. The third kappa shape index (κ3) is 4.92. The van der Waals surface area contributed by atoms with Crippen molar-refractivity contribution < 1.29 is 4.79 Å². The Morgan fingerprint density at radius 2 is 2.00 bits per heavy atom. The van der Waals surface area contributed by atoms with Crippen LogP contribution in [0.1, 0.15) is 52.4 Å². The van der Waals surface area contributed by atoms with Gasteiger partial charge in [-0.05, 0) is 56.5 Å². The van der Waals surface area contributed by atoms with Crippen molar-refractivity contribution in [2.24, 2.45) is 17.8 Å². The molecule has 2 unspecified atom stereocenters. The Morgan fingerprint density at radius 3 is 2.55 bits per heavy atom. The molecule has 0 radical (unpaired) electrons. The zero-order valence-electron chi connectivity index (χ0n) is 13.1. The van der Waals surface area contributed by atoms with Crippen LogP contribution in [0.5, 0.6) is 0 Å². The van der Waals surface area contributed by atoms with E-state index in [0.717, 1.165) is 38.5 Å². The van der Waals surface area contributed by atoms with Crippen LogP contribution in [-0.4, -0.2) is 37.0 Å². The molecule has 118 valence electrons. The molecule has 20 heavy (non-hydrogen) atoms. The number of amides is 1. The molecule has 0 aliphatic carbocycles. The van der Waals surface area contributed by atoms with Gasteiger partial charge >= 0.3 is 0 Å². The van der Waals surface area contributed by atoms with E-state index in [4.69, 9.17) is 0 Å². The molecular formula is C16H31ClN2O. The molecule has 2 heterocycles. The van der Waals surface area contributed by atoms with E-state index in [-0.39, 0.29) is 12.4 Å². The highest BCUT2D eigenvalue weighted by molar-refractivity contribution is 5.85. The summed E-state index contributed by atoms with van der Waals surface area (Å²) in [5, 5.41) is 3.46. The molecule has 0 saturated carbocycles. The lowest BCUT2D eigenvalue weighted by Crippen LogP contribution is -2.40. The number of carbonyl (C=O) groups is 1. The highest BCUT2D eigenvalue weighted by atomic mass is 35.5. The van der Waals surface area contributed by atoms with Crippen LogP contribution in [0, 0.1) is 17.8 Å². The molecule has 2 rings (SSSR count). The smallest absolute Gasteiger partial charge is 0.222 e. The first-order valence-corrected chi connectivity index (χ1v) is 8.19. The van der Waals surface area contributed by atoms with E-state index in [0.29, 0.717) is 17.7 Å². The summed E-state index contributed by atoms with van der Waals surface area (Å²) in [6.07, 6.45) is 7.00. The predicted molar refractivity (Wildman–Crippen MR) is 86.2 cm³/mol. The highest BCUT2D eigenvalue weighted by Gasteiger charge is 2.26. The van der Waals surface area contributed by atoms with Crippen LogP contribution >= 0.6 is 12.4 Å². The lowest BCUT2D eigenvalue weighted by atomic mass is 9.85. The first kappa shape index (κ1) is 17.8. The molecule has 1 amide bonds. The van der Waals surface area contributed by atoms with E-state index in [2.05, 4.69) is 24.1 Å². The van der Waals surface area contributed by atoms with Crippen molar-refractivity contribution in [2.75, 3.05) is 26.2 Å². The van der Waals surface area contributed by atoms with Gasteiger partial charge < -0.3 is 10.2 Å². The number of likely N-dealkylation sites (tertiary alicyclic amines) is 1. The van der Waals surface area contributed by atoms with Crippen molar-refractivity contribution in [3.8, 4) is 0 Å². The van der Waals surface area contributed by atoms with E-state index in [1.54, 1.807) is 0 Å². The fourth-order valence-corrected chi connectivity index (χ4v) is 3.53. The van der Waals surface area contributed by atoms with Crippen molar-refractivity contribution in [3.63, 3.8) is 0 Å². The van der Waals surface area contributed by atoms with Gasteiger partial charge in [-0.1, -0.05) is 20.3 Å². The lowest BCUT2D eigenvalue weighted by molar-refractivity contribution is -0.134. The van der Waals surface area contributed by atoms with E-state index in [1.165, 1.54) is 32.1 Å². The van der Waals surface area contributed by atoms with Crippen molar-refractivity contribution in [1.29, 1.82) is 0 Å². The first-order valence-electron chi connectivity index (χ1n) is 8.19. The molecule has 0 aromatic rings. The van der Waals surface area contributed by atoms with E-state index < -0.39 is 0 Å². The van der Waals surface area contributed by atoms with Gasteiger partial charge in [0.15, 0.2) is 0 Å². The summed E-state index contributed by atoms with van der Waals surface area (Å²) in [6, 6.07) is 0. The molecule has 2 aliphatic heterocycles. The summed E-state index contributed by atoms with van der Waals surface area (Å²) in [5.41, 5.74) is 0. The summed E-state index contributed by atoms with van der Waals surface area (Å²) >= 11 is 0. The van der Waals surface area contributed by atoms with Gasteiger partial charge in [0.1, 0.15) is 0 Å². The second-order valence-corrected chi connectivity index (χ2v) is 6.52. The molecule has 2 saturated heterocycles. The van der Waals surface area contributed by atoms with Crippen molar-refractivity contribution in [2.45, 2.75) is 52.4 Å². The molecule has 1 N–H and O–H groups in total. The minimum Gasteiger partial charge on any atom is -0.343 e. The number of hydrogen-bond acceptors (Lipinski definition) is 2. The van der Waals surface area contributed by atoms with Gasteiger partial charge in [0.05, 0.1) is 0 Å². The Morgan fingerprint density at radius 1 is 1.30 bits per heavy atom. The normalized spacial score (nSPS) is 25.9. The van der Waals surface area contributed by atoms with Gasteiger partial charge in [-0.15, -0.1) is 12.4 Å². The molecule has 2 fully saturated rings. The van der Waals surface area contributed by atoms with Crippen LogP contribution in [0.3, 0.4) is 0 Å². The van der Waals surface area contributed by atoms with Crippen molar-refractivity contribution >= 4 is 18.3 Å². The second kappa shape index (κ2) is 8.89. The van der Waals surface area contributed by atoms with Gasteiger partial charge in [-0.2, -0.15) is 0 Å². The molecule has 2 aliphatic rings. The molecule has 0 aromatic carbocycles. The SMILES string of the molecule is CCC1CCN(C(=O)CC(C)C2CCCNC2)CC1.Cl. The van der Waals surface area contributed by atoms with Crippen LogP contribution in [0.4, 0.5) is 0 Å². The molecular weight excluding hydrogens is 272 g/mol. The van der Waals surface area contributed by atoms with Gasteiger partial charge in [0.2, 0.25) is 5.91 Å². The number of carbonyl (C=O) groups excluding carboxylic acids is 1. The van der Waals surface area contributed by atoms with Gasteiger partial charge in [0.25, 0.3) is 0 Å². The van der Waals surface area contributed by atoms with Crippen LogP contribution < -0.4 is 5.32 Å². The largest absolute Gasteiger partial charge is 0.343 e. The number of hydrogen-bond donors (Lipinski definition) is 1. The molecule has 2 atom stereocenters. The standard InChI is InChI=1S/C16H30N2O.ClH/c1-3-14-6-9-18(10-7-14)16(19)11-13(2)15-5-4-8-17-12-15;/h13-15,17H,3-12H2,1-2H3;1H. The minimum atomic E-state index is 0. The molecule has 0 bridgehead atoms. The molecule has 0 aromatic heterocycles. The first-order chi connectivity index (χ1) is 9.20. The third-order valence-electron chi connectivity index (χ3n) is 5.18. The van der Waals surface area contributed by atoms with Crippen molar-refractivity contribution in [3.05, 3.63) is 0 Å². The zero-order chi connectivity index (χ0) is 13.7. The maximum atomic E-state index is 12.4. The van der Waals surface area contributed by atoms with Crippen molar-refractivity contribution in [1.82, 2.24) is 10.2 Å². The van der Waals surface area contributed by atoms with Crippen LogP contribution in [0.2, 0.25) is 0 Å². The number of rotatable bonds is 4. The van der Waals surface area contributed by atoms with Gasteiger partial charge in [-0.3, -0.25) is 4.79 Å². The molecule has 0 spiro atoms. The quantitative estimate of drug-likeness (QED) is 0.865. The number of nitrogens with zero attached hydrogens (tertiary/aromatic N) is 1. The average molecular weight is 303 g/mol. The summed E-state index contributed by atoms with van der Waals surface area (Å²) < 4.78 is 0. The summed E-state index contributed by atoms with van der Waals surface area (Å²) in [4.78, 5) is 14.5. The summed E-state index contributed by atoms with van der Waals surface area (Å²) in [6.45, 7) is 8.77. The monoisotopic (exact) mass is 302 g/mol. The van der Waals surface area contributed by atoms with E-state index in [1.807, 2.05) is 0 Å². The van der Waals surface area contributed by atoms with Gasteiger partial charge in [-0.25, -0.2) is 0 Å². The fraction of sp³-hybridized carbons (Fsp3) is 0.938. The fourth-order valence-electron chi connectivity index (χ4n) is 3.53. The van der Waals surface area contributed by atoms with E-state index >= 15 is 0 Å². The summed E-state index contributed by atoms with van der Waals surface area (Å²) in [5.74, 6) is 2.48. The van der Waals surface area contributed by atoms with Crippen LogP contribution in [0.15, 0.2) is 0 Å². The van der Waals surface area contributed by atoms with E-state index in [9.17, 15) is 4.79 Å². The Bertz CT molecular complexity index is 284.